The number of hydrogen-bond acceptors (Lipinski definition) is 2. The second kappa shape index (κ2) is 6.75. The van der Waals surface area contributed by atoms with E-state index in [0.717, 1.165) is 18.5 Å². The molecule has 0 saturated heterocycles. The molecule has 0 aliphatic rings. The van der Waals surface area contributed by atoms with Gasteiger partial charge < -0.3 is 10.4 Å². The van der Waals surface area contributed by atoms with Crippen LogP contribution < -0.4 is 5.32 Å². The van der Waals surface area contributed by atoms with Crippen LogP contribution in [-0.2, 0) is 0 Å². The third-order valence-electron chi connectivity index (χ3n) is 3.23. The quantitative estimate of drug-likeness (QED) is 0.820. The second-order valence-corrected chi connectivity index (χ2v) is 4.78. The first-order valence-corrected chi connectivity index (χ1v) is 6.85. The molecule has 2 aromatic carbocycles. The standard InChI is InChI=1S/C17H19NO2/c1-2-7-16(13-8-4-3-5-9-13)18-15-11-6-10-14(12-15)17(19)20/h3-6,8-12,16,18H,2,7H2,1H3,(H,19,20). The molecule has 0 aliphatic carbocycles. The molecule has 0 spiro atoms. The maximum Gasteiger partial charge on any atom is 0.335 e. The van der Waals surface area contributed by atoms with E-state index in [1.54, 1.807) is 18.2 Å². The van der Waals surface area contributed by atoms with Gasteiger partial charge in [-0.2, -0.15) is 0 Å². The Kier molecular flexibility index (Phi) is 4.77. The summed E-state index contributed by atoms with van der Waals surface area (Å²) in [6.45, 7) is 2.14. The molecule has 0 heterocycles. The third-order valence-corrected chi connectivity index (χ3v) is 3.23. The topological polar surface area (TPSA) is 49.3 Å². The van der Waals surface area contributed by atoms with Crippen molar-refractivity contribution in [1.82, 2.24) is 0 Å². The van der Waals surface area contributed by atoms with E-state index in [2.05, 4.69) is 24.4 Å². The number of carboxylic acids is 1. The van der Waals surface area contributed by atoms with Crippen LogP contribution in [0.25, 0.3) is 0 Å². The molecule has 0 bridgehead atoms. The SMILES string of the molecule is CCCC(Nc1cccc(C(=O)O)c1)c1ccccc1. The Morgan fingerprint density at radius 1 is 1.15 bits per heavy atom. The summed E-state index contributed by atoms with van der Waals surface area (Å²) in [6, 6.07) is 17.4. The number of nitrogens with one attached hydrogen (secondary N) is 1. The predicted molar refractivity (Wildman–Crippen MR) is 81.1 cm³/mol. The Hall–Kier alpha value is -2.29. The van der Waals surface area contributed by atoms with Gasteiger partial charge in [0, 0.05) is 5.69 Å². The van der Waals surface area contributed by atoms with Crippen molar-refractivity contribution in [1.29, 1.82) is 0 Å². The number of anilines is 1. The van der Waals surface area contributed by atoms with Gasteiger partial charge in [-0.25, -0.2) is 4.79 Å². The zero-order chi connectivity index (χ0) is 14.4. The smallest absolute Gasteiger partial charge is 0.335 e. The summed E-state index contributed by atoms with van der Waals surface area (Å²) in [5, 5.41) is 12.5. The van der Waals surface area contributed by atoms with Gasteiger partial charge in [-0.15, -0.1) is 0 Å². The van der Waals surface area contributed by atoms with E-state index < -0.39 is 5.97 Å². The van der Waals surface area contributed by atoms with Crippen LogP contribution in [0.5, 0.6) is 0 Å². The molecule has 0 saturated carbocycles. The van der Waals surface area contributed by atoms with Gasteiger partial charge in [0.05, 0.1) is 11.6 Å². The molecule has 1 atom stereocenters. The lowest BCUT2D eigenvalue weighted by molar-refractivity contribution is 0.0697. The van der Waals surface area contributed by atoms with Crippen LogP contribution in [0.15, 0.2) is 54.6 Å². The number of carboxylic acid groups (broad SMARTS) is 1. The minimum Gasteiger partial charge on any atom is -0.478 e. The fourth-order valence-electron chi connectivity index (χ4n) is 2.24. The monoisotopic (exact) mass is 269 g/mol. The Morgan fingerprint density at radius 2 is 1.90 bits per heavy atom. The molecule has 0 radical (unpaired) electrons. The highest BCUT2D eigenvalue weighted by Gasteiger charge is 2.11. The molecular weight excluding hydrogens is 250 g/mol. The van der Waals surface area contributed by atoms with Gasteiger partial charge in [-0.1, -0.05) is 49.7 Å². The largest absolute Gasteiger partial charge is 0.478 e. The number of rotatable bonds is 6. The van der Waals surface area contributed by atoms with Crippen LogP contribution in [0.3, 0.4) is 0 Å². The molecule has 0 aliphatic heterocycles. The number of carbonyl (C=O) groups is 1. The highest BCUT2D eigenvalue weighted by atomic mass is 16.4. The molecule has 3 heteroatoms. The normalized spacial score (nSPS) is 11.8. The van der Waals surface area contributed by atoms with Gasteiger partial charge in [-0.05, 0) is 30.2 Å². The van der Waals surface area contributed by atoms with Gasteiger partial charge in [0.2, 0.25) is 0 Å². The van der Waals surface area contributed by atoms with E-state index >= 15 is 0 Å². The summed E-state index contributed by atoms with van der Waals surface area (Å²) in [5.41, 5.74) is 2.36. The minimum absolute atomic E-state index is 0.199. The van der Waals surface area contributed by atoms with Crippen LogP contribution in [0, 0.1) is 0 Å². The van der Waals surface area contributed by atoms with E-state index in [-0.39, 0.29) is 6.04 Å². The van der Waals surface area contributed by atoms with Crippen molar-refractivity contribution in [2.75, 3.05) is 5.32 Å². The van der Waals surface area contributed by atoms with Crippen LogP contribution in [-0.4, -0.2) is 11.1 Å². The molecule has 20 heavy (non-hydrogen) atoms. The lowest BCUT2D eigenvalue weighted by Gasteiger charge is -2.20. The summed E-state index contributed by atoms with van der Waals surface area (Å²) in [7, 11) is 0. The first kappa shape index (κ1) is 14.1. The van der Waals surface area contributed by atoms with Crippen molar-refractivity contribution in [3.8, 4) is 0 Å². The summed E-state index contributed by atoms with van der Waals surface area (Å²) < 4.78 is 0. The summed E-state index contributed by atoms with van der Waals surface area (Å²) >= 11 is 0. The molecule has 0 fully saturated rings. The van der Waals surface area contributed by atoms with Gasteiger partial charge in [0.1, 0.15) is 0 Å². The number of hydrogen-bond donors (Lipinski definition) is 2. The lowest BCUT2D eigenvalue weighted by atomic mass is 10.0. The maximum atomic E-state index is 11.0. The van der Waals surface area contributed by atoms with Crippen molar-refractivity contribution in [2.45, 2.75) is 25.8 Å². The molecule has 0 amide bonds. The first-order valence-electron chi connectivity index (χ1n) is 6.85. The molecule has 0 aromatic heterocycles. The van der Waals surface area contributed by atoms with Crippen molar-refractivity contribution < 1.29 is 9.90 Å². The second-order valence-electron chi connectivity index (χ2n) is 4.78. The number of benzene rings is 2. The minimum atomic E-state index is -0.902. The average Bonchev–Trinajstić information content (AvgIpc) is 2.48. The van der Waals surface area contributed by atoms with Crippen LogP contribution in [0.2, 0.25) is 0 Å². The zero-order valence-corrected chi connectivity index (χ0v) is 11.5. The van der Waals surface area contributed by atoms with Crippen molar-refractivity contribution in [3.05, 3.63) is 65.7 Å². The Balaban J connectivity index is 2.20. The van der Waals surface area contributed by atoms with Gasteiger partial charge in [0.15, 0.2) is 0 Å². The molecule has 104 valence electrons. The molecule has 3 nitrogen and oxygen atoms in total. The van der Waals surface area contributed by atoms with E-state index in [9.17, 15) is 4.79 Å². The summed E-state index contributed by atoms with van der Waals surface area (Å²) in [6.07, 6.45) is 2.06. The highest BCUT2D eigenvalue weighted by molar-refractivity contribution is 5.88. The highest BCUT2D eigenvalue weighted by Crippen LogP contribution is 2.24. The van der Waals surface area contributed by atoms with Gasteiger partial charge >= 0.3 is 5.97 Å². The Labute approximate surface area is 119 Å². The molecule has 2 rings (SSSR count). The summed E-state index contributed by atoms with van der Waals surface area (Å²) in [4.78, 5) is 11.0. The van der Waals surface area contributed by atoms with E-state index in [1.165, 1.54) is 5.56 Å². The molecule has 1 unspecified atom stereocenters. The van der Waals surface area contributed by atoms with Gasteiger partial charge in [-0.3, -0.25) is 0 Å². The summed E-state index contributed by atoms with van der Waals surface area (Å²) in [5.74, 6) is -0.902. The van der Waals surface area contributed by atoms with Crippen molar-refractivity contribution in [3.63, 3.8) is 0 Å². The van der Waals surface area contributed by atoms with Crippen LogP contribution in [0.4, 0.5) is 5.69 Å². The van der Waals surface area contributed by atoms with E-state index in [1.807, 2.05) is 24.3 Å². The molecule has 2 aromatic rings. The van der Waals surface area contributed by atoms with E-state index in [0.29, 0.717) is 5.56 Å². The fourth-order valence-corrected chi connectivity index (χ4v) is 2.24. The Morgan fingerprint density at radius 3 is 2.55 bits per heavy atom. The van der Waals surface area contributed by atoms with Crippen LogP contribution >= 0.6 is 0 Å². The fraction of sp³-hybridized carbons (Fsp3) is 0.235. The number of aromatic carboxylic acids is 1. The van der Waals surface area contributed by atoms with Gasteiger partial charge in [0.25, 0.3) is 0 Å². The van der Waals surface area contributed by atoms with Crippen LogP contribution in [0.1, 0.15) is 41.7 Å². The third kappa shape index (κ3) is 3.60. The average molecular weight is 269 g/mol. The zero-order valence-electron chi connectivity index (χ0n) is 11.5. The maximum absolute atomic E-state index is 11.0. The van der Waals surface area contributed by atoms with E-state index in [4.69, 9.17) is 5.11 Å². The van der Waals surface area contributed by atoms with Crippen molar-refractivity contribution >= 4 is 11.7 Å². The first-order chi connectivity index (χ1) is 9.70. The lowest BCUT2D eigenvalue weighted by Crippen LogP contribution is -2.11. The predicted octanol–water partition coefficient (Wildman–Crippen LogP) is 4.34. The Bertz CT molecular complexity index is 566. The van der Waals surface area contributed by atoms with Crippen molar-refractivity contribution in [2.24, 2.45) is 0 Å². The molecular formula is C17H19NO2. The molecule has 2 N–H and O–H groups in total.